The summed E-state index contributed by atoms with van der Waals surface area (Å²) in [6.07, 6.45) is 1.01. The number of benzene rings is 1. The van der Waals surface area contributed by atoms with Gasteiger partial charge in [0.25, 0.3) is 0 Å². The van der Waals surface area contributed by atoms with Crippen molar-refractivity contribution >= 4 is 17.1 Å². The van der Waals surface area contributed by atoms with Crippen molar-refractivity contribution in [3.05, 3.63) is 57.8 Å². The van der Waals surface area contributed by atoms with E-state index in [0.29, 0.717) is 11.7 Å². The Balaban J connectivity index is 1.78. The molecule has 2 unspecified atom stereocenters. The number of Topliss-reactive ketones (excluding diaryl/α,β-unsaturated/α-hetero) is 1. The summed E-state index contributed by atoms with van der Waals surface area (Å²) in [6, 6.07) is 12.4. The van der Waals surface area contributed by atoms with Crippen LogP contribution >= 0.6 is 11.3 Å². The lowest BCUT2D eigenvalue weighted by atomic mass is 10.1. The fourth-order valence-electron chi connectivity index (χ4n) is 2.35. The van der Waals surface area contributed by atoms with E-state index in [2.05, 4.69) is 12.1 Å². The first-order chi connectivity index (χ1) is 8.27. The molecule has 0 spiro atoms. The highest BCUT2D eigenvalue weighted by molar-refractivity contribution is 7.12. The number of thiophene rings is 1. The van der Waals surface area contributed by atoms with Gasteiger partial charge in [-0.1, -0.05) is 30.3 Å². The highest BCUT2D eigenvalue weighted by atomic mass is 32.1. The van der Waals surface area contributed by atoms with Gasteiger partial charge in [0.1, 0.15) is 0 Å². The van der Waals surface area contributed by atoms with Gasteiger partial charge in [-0.2, -0.15) is 0 Å². The molecule has 2 atom stereocenters. The van der Waals surface area contributed by atoms with E-state index < -0.39 is 0 Å². The molecule has 0 saturated heterocycles. The first-order valence-corrected chi connectivity index (χ1v) is 6.78. The average Bonchev–Trinajstić information content (AvgIpc) is 3.05. The number of carbonyl (C=O) groups is 1. The van der Waals surface area contributed by atoms with E-state index in [9.17, 15) is 4.79 Å². The van der Waals surface area contributed by atoms with Gasteiger partial charge in [-0.15, -0.1) is 11.3 Å². The monoisotopic (exact) mass is 242 g/mol. The van der Waals surface area contributed by atoms with Gasteiger partial charge < -0.3 is 0 Å². The zero-order valence-electron chi connectivity index (χ0n) is 9.72. The SMILES string of the molecule is Cc1ccsc1C(=O)C1CC1c1ccccc1. The van der Waals surface area contributed by atoms with Gasteiger partial charge in [-0.25, -0.2) is 0 Å². The minimum Gasteiger partial charge on any atom is -0.293 e. The summed E-state index contributed by atoms with van der Waals surface area (Å²) in [5.74, 6) is 1.01. The average molecular weight is 242 g/mol. The van der Waals surface area contributed by atoms with Crippen molar-refractivity contribution in [2.24, 2.45) is 5.92 Å². The number of hydrogen-bond acceptors (Lipinski definition) is 2. The van der Waals surface area contributed by atoms with Crippen LogP contribution in [0.2, 0.25) is 0 Å². The van der Waals surface area contributed by atoms with Gasteiger partial charge in [0.2, 0.25) is 0 Å². The van der Waals surface area contributed by atoms with Crippen LogP contribution in [0.3, 0.4) is 0 Å². The van der Waals surface area contributed by atoms with Gasteiger partial charge in [0.15, 0.2) is 5.78 Å². The molecular formula is C15H14OS. The second-order valence-electron chi connectivity index (χ2n) is 4.66. The van der Waals surface area contributed by atoms with Crippen LogP contribution in [0.5, 0.6) is 0 Å². The zero-order valence-corrected chi connectivity index (χ0v) is 10.5. The van der Waals surface area contributed by atoms with E-state index >= 15 is 0 Å². The Labute approximate surface area is 105 Å². The molecule has 86 valence electrons. The Morgan fingerprint density at radius 1 is 1.24 bits per heavy atom. The minimum absolute atomic E-state index is 0.217. The van der Waals surface area contributed by atoms with Crippen LogP contribution in [-0.4, -0.2) is 5.78 Å². The number of aryl methyl sites for hydroxylation is 1. The summed E-state index contributed by atoms with van der Waals surface area (Å²) >= 11 is 1.57. The maximum atomic E-state index is 12.3. The van der Waals surface area contributed by atoms with E-state index in [0.717, 1.165) is 16.9 Å². The van der Waals surface area contributed by atoms with Crippen LogP contribution in [-0.2, 0) is 0 Å². The van der Waals surface area contributed by atoms with Gasteiger partial charge >= 0.3 is 0 Å². The topological polar surface area (TPSA) is 17.1 Å². The lowest BCUT2D eigenvalue weighted by Gasteiger charge is -2.00. The molecule has 1 aliphatic carbocycles. The number of rotatable bonds is 3. The Morgan fingerprint density at radius 2 is 2.00 bits per heavy atom. The van der Waals surface area contributed by atoms with Crippen LogP contribution in [0.15, 0.2) is 41.8 Å². The fourth-order valence-corrected chi connectivity index (χ4v) is 3.28. The summed E-state index contributed by atoms with van der Waals surface area (Å²) in [6.45, 7) is 2.02. The molecule has 17 heavy (non-hydrogen) atoms. The smallest absolute Gasteiger partial charge is 0.176 e. The molecule has 0 N–H and O–H groups in total. The normalized spacial score (nSPS) is 22.4. The molecule has 1 aromatic heterocycles. The largest absolute Gasteiger partial charge is 0.293 e. The third kappa shape index (κ3) is 1.93. The minimum atomic E-state index is 0.217. The van der Waals surface area contributed by atoms with Crippen LogP contribution in [0.4, 0.5) is 0 Å². The van der Waals surface area contributed by atoms with Crippen LogP contribution in [0.1, 0.15) is 33.1 Å². The Hall–Kier alpha value is -1.41. The molecular weight excluding hydrogens is 228 g/mol. The first-order valence-electron chi connectivity index (χ1n) is 5.90. The van der Waals surface area contributed by atoms with Crippen molar-refractivity contribution < 1.29 is 4.79 Å². The number of carbonyl (C=O) groups excluding carboxylic acids is 1. The van der Waals surface area contributed by atoms with E-state index in [4.69, 9.17) is 0 Å². The molecule has 1 heterocycles. The molecule has 0 aliphatic heterocycles. The van der Waals surface area contributed by atoms with Crippen molar-refractivity contribution in [2.75, 3.05) is 0 Å². The van der Waals surface area contributed by atoms with Crippen LogP contribution in [0.25, 0.3) is 0 Å². The lowest BCUT2D eigenvalue weighted by molar-refractivity contribution is 0.0968. The second-order valence-corrected chi connectivity index (χ2v) is 5.57. The summed E-state index contributed by atoms with van der Waals surface area (Å²) < 4.78 is 0. The molecule has 2 aromatic rings. The highest BCUT2D eigenvalue weighted by Gasteiger charge is 2.44. The second kappa shape index (κ2) is 4.11. The van der Waals surface area contributed by atoms with Crippen molar-refractivity contribution in [1.82, 2.24) is 0 Å². The van der Waals surface area contributed by atoms with Crippen molar-refractivity contribution in [1.29, 1.82) is 0 Å². The summed E-state index contributed by atoms with van der Waals surface area (Å²) in [7, 11) is 0. The standard InChI is InChI=1S/C15H14OS/c1-10-7-8-17-15(10)14(16)13-9-12(13)11-5-3-2-4-6-11/h2-8,12-13H,9H2,1H3. The maximum absolute atomic E-state index is 12.3. The molecule has 3 rings (SSSR count). The third-order valence-electron chi connectivity index (χ3n) is 3.44. The van der Waals surface area contributed by atoms with Crippen molar-refractivity contribution in [3.8, 4) is 0 Å². The van der Waals surface area contributed by atoms with Gasteiger partial charge in [0.05, 0.1) is 4.88 Å². The number of ketones is 1. The molecule has 1 aromatic carbocycles. The van der Waals surface area contributed by atoms with E-state index in [1.165, 1.54) is 5.56 Å². The van der Waals surface area contributed by atoms with E-state index in [-0.39, 0.29) is 5.92 Å². The number of hydrogen-bond donors (Lipinski definition) is 0. The van der Waals surface area contributed by atoms with Gasteiger partial charge in [0, 0.05) is 5.92 Å². The predicted molar refractivity (Wildman–Crippen MR) is 70.7 cm³/mol. The Bertz CT molecular complexity index is 541. The molecule has 1 saturated carbocycles. The third-order valence-corrected chi connectivity index (χ3v) is 4.47. The van der Waals surface area contributed by atoms with Crippen LogP contribution in [0, 0.1) is 12.8 Å². The lowest BCUT2D eigenvalue weighted by Crippen LogP contribution is -2.02. The molecule has 0 radical (unpaired) electrons. The molecule has 1 nitrogen and oxygen atoms in total. The maximum Gasteiger partial charge on any atom is 0.176 e. The Morgan fingerprint density at radius 3 is 2.65 bits per heavy atom. The zero-order chi connectivity index (χ0) is 11.8. The molecule has 0 bridgehead atoms. The molecule has 1 aliphatic rings. The quantitative estimate of drug-likeness (QED) is 0.742. The Kier molecular flexibility index (Phi) is 2.60. The fraction of sp³-hybridized carbons (Fsp3) is 0.267. The highest BCUT2D eigenvalue weighted by Crippen LogP contribution is 2.49. The van der Waals surface area contributed by atoms with E-state index in [1.807, 2.05) is 36.6 Å². The predicted octanol–water partition coefficient (Wildman–Crippen LogP) is 4.04. The summed E-state index contributed by atoms with van der Waals surface area (Å²) in [4.78, 5) is 13.2. The molecule has 2 heteroatoms. The van der Waals surface area contributed by atoms with Crippen LogP contribution < -0.4 is 0 Å². The van der Waals surface area contributed by atoms with Crippen molar-refractivity contribution in [3.63, 3.8) is 0 Å². The van der Waals surface area contributed by atoms with Crippen molar-refractivity contribution in [2.45, 2.75) is 19.3 Å². The summed E-state index contributed by atoms with van der Waals surface area (Å²) in [5.41, 5.74) is 2.43. The van der Waals surface area contributed by atoms with E-state index in [1.54, 1.807) is 11.3 Å². The molecule has 0 amide bonds. The first kappa shape index (κ1) is 10.7. The molecule has 1 fully saturated rings. The van der Waals surface area contributed by atoms with Gasteiger partial charge in [-0.3, -0.25) is 4.79 Å². The van der Waals surface area contributed by atoms with Gasteiger partial charge in [-0.05, 0) is 41.8 Å². The summed E-state index contributed by atoms with van der Waals surface area (Å²) in [5, 5.41) is 2.00.